The maximum absolute atomic E-state index is 13.7. The predicted octanol–water partition coefficient (Wildman–Crippen LogP) is 14.2. The van der Waals surface area contributed by atoms with Crippen molar-refractivity contribution in [3.63, 3.8) is 0 Å². The minimum absolute atomic E-state index is 0. The first-order chi connectivity index (χ1) is 53.7. The van der Waals surface area contributed by atoms with E-state index in [1.165, 1.54) is 25.6 Å². The molecule has 0 radical (unpaired) electrons. The number of fused-ring (bicyclic) bond motifs is 4. The van der Waals surface area contributed by atoms with Crippen molar-refractivity contribution in [3.8, 4) is 17.5 Å². The molecule has 0 unspecified atom stereocenters. The fourth-order valence-corrected chi connectivity index (χ4v) is 10.9. The number of anilines is 6. The number of aromatic nitrogens is 16. The minimum Gasteiger partial charge on any atom is -1.00 e. The van der Waals surface area contributed by atoms with Gasteiger partial charge < -0.3 is 37.5 Å². The zero-order valence-electron chi connectivity index (χ0n) is 64.0. The zero-order chi connectivity index (χ0) is 80.5. The van der Waals surface area contributed by atoms with E-state index in [-0.39, 0.29) is 71.2 Å². The number of pyridine rings is 4. The third kappa shape index (κ3) is 24.9. The van der Waals surface area contributed by atoms with Crippen LogP contribution in [0.4, 0.5) is 60.5 Å². The second kappa shape index (κ2) is 43.0. The number of nitrogen functional groups attached to an aromatic ring is 1. The Morgan fingerprint density at radius 1 is 0.491 bits per heavy atom. The molecule has 0 fully saturated rings. The maximum Gasteiger partial charge on any atom is 1.00 e. The van der Waals surface area contributed by atoms with Gasteiger partial charge >= 0.3 is 40.9 Å². The van der Waals surface area contributed by atoms with Crippen LogP contribution in [0.2, 0.25) is 15.7 Å². The Bertz CT molecular complexity index is 5680. The second-order valence-electron chi connectivity index (χ2n) is 24.9. The van der Waals surface area contributed by atoms with E-state index < -0.39 is 32.9 Å². The predicted molar refractivity (Wildman–Crippen MR) is 441 cm³/mol. The molecule has 586 valence electrons. The van der Waals surface area contributed by atoms with Gasteiger partial charge in [-0.2, -0.15) is 23.7 Å². The number of nitrogens with zero attached hydrogens (tertiary/aromatic N) is 21. The van der Waals surface area contributed by atoms with Crippen molar-refractivity contribution in [2.45, 2.75) is 48.0 Å². The summed E-state index contributed by atoms with van der Waals surface area (Å²) in [5, 5.41) is 44.0. The van der Waals surface area contributed by atoms with E-state index in [1.807, 2.05) is 155 Å². The van der Waals surface area contributed by atoms with Crippen LogP contribution in [-0.2, 0) is 0 Å². The summed E-state index contributed by atoms with van der Waals surface area (Å²) in [5.41, 5.74) is 11.1. The van der Waals surface area contributed by atoms with Gasteiger partial charge in [-0.15, -0.1) is 0 Å². The number of nitrogens with two attached hydrogens (primary N) is 1. The summed E-state index contributed by atoms with van der Waals surface area (Å²) in [7, 11) is 10.0. The van der Waals surface area contributed by atoms with E-state index in [2.05, 4.69) is 101 Å². The second-order valence-corrected chi connectivity index (χ2v) is 25.9. The first-order valence-corrected chi connectivity index (χ1v) is 35.3. The van der Waals surface area contributed by atoms with Crippen molar-refractivity contribution >= 4 is 131 Å². The van der Waals surface area contributed by atoms with Gasteiger partial charge in [-0.25, -0.2) is 44.9 Å². The van der Waals surface area contributed by atoms with Crippen LogP contribution in [0.3, 0.4) is 0 Å². The third-order valence-electron chi connectivity index (χ3n) is 16.2. The Kier molecular flexibility index (Phi) is 33.6. The Balaban J connectivity index is 0.000000223. The molecule has 31 nitrogen and oxygen atoms in total. The van der Waals surface area contributed by atoms with Crippen LogP contribution >= 0.6 is 34.8 Å². The van der Waals surface area contributed by atoms with Crippen LogP contribution in [0, 0.1) is 62.7 Å². The summed E-state index contributed by atoms with van der Waals surface area (Å²) >= 11 is 16.5. The van der Waals surface area contributed by atoms with E-state index in [0.29, 0.717) is 63.3 Å². The fraction of sp³-hybridized carbons (Fsp3) is 0.195. The Labute approximate surface area is 692 Å². The summed E-state index contributed by atoms with van der Waals surface area (Å²) in [6, 6.07) is 37.9. The van der Waals surface area contributed by atoms with Gasteiger partial charge in [0.05, 0.1) is 26.1 Å². The Morgan fingerprint density at radius 3 is 1.34 bits per heavy atom. The number of halogens is 5. The quantitative estimate of drug-likeness (QED) is 0.0164. The van der Waals surface area contributed by atoms with E-state index in [0.717, 1.165) is 80.5 Å². The van der Waals surface area contributed by atoms with Crippen molar-refractivity contribution < 1.29 is 54.5 Å². The number of likely N-dealkylation sites (N-methyl/N-ethyl adjacent to an activating group) is 2. The molecule has 5 N–H and O–H groups in total. The Hall–Kier alpha value is -12.2. The molecule has 3 aromatic carbocycles. The van der Waals surface area contributed by atoms with Gasteiger partial charge in [-0.1, -0.05) is 32.4 Å². The molecule has 0 amide bonds. The summed E-state index contributed by atoms with van der Waals surface area (Å²) < 4.78 is 32.1. The number of nitro groups is 3. The molecular weight excluding hydrogens is 1540 g/mol. The van der Waals surface area contributed by atoms with Crippen molar-refractivity contribution in [1.82, 2.24) is 88.3 Å². The maximum atomic E-state index is 13.7. The minimum atomic E-state index is -0.886. The Morgan fingerprint density at radius 2 is 0.912 bits per heavy atom. The van der Waals surface area contributed by atoms with Crippen LogP contribution in [0.5, 0.6) is 0 Å². The van der Waals surface area contributed by atoms with Crippen LogP contribution < -0.4 is 50.8 Å². The molecule has 0 spiro atoms. The molecule has 0 atom stereocenters. The van der Waals surface area contributed by atoms with Gasteiger partial charge in [-0.05, 0) is 217 Å². The smallest absolute Gasteiger partial charge is 1.00 e. The van der Waals surface area contributed by atoms with E-state index in [9.17, 15) is 39.1 Å². The molecule has 0 bridgehead atoms. The topological polar surface area (TPSA) is 374 Å². The van der Waals surface area contributed by atoms with Crippen molar-refractivity contribution in [3.05, 3.63) is 282 Å². The van der Waals surface area contributed by atoms with Gasteiger partial charge in [-0.3, -0.25) is 44.0 Å². The summed E-state index contributed by atoms with van der Waals surface area (Å²) in [5.74, 6) is 0.775. The van der Waals surface area contributed by atoms with E-state index in [1.54, 1.807) is 87.6 Å². The van der Waals surface area contributed by atoms with Gasteiger partial charge in [0.15, 0.2) is 0 Å². The average Bonchev–Trinajstić information content (AvgIpc) is 1.78. The molecule has 0 aliphatic carbocycles. The molecule has 37 heteroatoms. The number of hydrogen-bond donors (Lipinski definition) is 4. The summed E-state index contributed by atoms with van der Waals surface area (Å²) in [4.78, 5) is 90.1. The first kappa shape index (κ1) is 89.0. The van der Waals surface area contributed by atoms with Crippen LogP contribution in [-0.4, -0.2) is 158 Å². The summed E-state index contributed by atoms with van der Waals surface area (Å²) in [6.45, 7) is 10.0. The van der Waals surface area contributed by atoms with Gasteiger partial charge in [0.1, 0.15) is 50.9 Å². The normalized spacial score (nSPS) is 10.5. The number of nitro benzene ring substituents is 3. The number of H-pyrrole nitrogens is 1. The van der Waals surface area contributed by atoms with E-state index >= 15 is 0 Å². The SMILES string of the molecule is C.CCCCN(C)C.Cc1cc(F)c([N+](=O)[O-])cc1N.Cc1cc(F)c([N+](=O)[O-])cc1Nc1nccc(-n2ccc3cccnc32)n1.Cc1cc(N(C)CCN(C)C)c([N+](=O)[O-])cc1Nc1nccc(-n2ccc3cccnc32)n1.Clc1ccnc(Cl)n1.Clc1nccc(-n2ccc3cccnc32)n1.[H-].[Na+].c1cnc2[nH]ccc2c1. The third-order valence-corrected chi connectivity index (χ3v) is 16.8. The molecule has 0 aliphatic heterocycles. The monoisotopic (exact) mass is 1620 g/mol. The summed E-state index contributed by atoms with van der Waals surface area (Å²) in [6.07, 6.45) is 23.5. The van der Waals surface area contributed by atoms with E-state index in [4.69, 9.17) is 40.5 Å². The molecular formula is C77H81Cl3F2N25NaO6. The van der Waals surface area contributed by atoms with Crippen LogP contribution in [0.1, 0.15) is 45.3 Å². The molecule has 0 saturated heterocycles. The van der Waals surface area contributed by atoms with Crippen LogP contribution in [0.15, 0.2) is 208 Å². The average molecular weight is 1620 g/mol. The zero-order valence-corrected chi connectivity index (χ0v) is 67.2. The molecule has 15 aromatic rings. The fourth-order valence-electron chi connectivity index (χ4n) is 10.4. The molecule has 15 rings (SSSR count). The number of aryl methyl sites for hydroxylation is 3. The molecule has 0 saturated carbocycles. The first-order valence-electron chi connectivity index (χ1n) is 34.2. The van der Waals surface area contributed by atoms with Crippen molar-refractivity contribution in [2.24, 2.45) is 0 Å². The largest absolute Gasteiger partial charge is 1.00 e. The number of aromatic amines is 1. The number of nitrogens with one attached hydrogen (secondary N) is 3. The number of unbranched alkanes of at least 4 members (excludes halogenated alkanes) is 1. The van der Waals surface area contributed by atoms with Gasteiger partial charge in [0, 0.05) is 140 Å². The molecule has 0 aliphatic rings. The van der Waals surface area contributed by atoms with Crippen molar-refractivity contribution in [2.75, 3.05) is 76.1 Å². The number of benzene rings is 3. The standard InChI is InChI=1S/C23H26N8O2.C18H13FN6O2.C11H7ClN4.C7H7FN2O2.C7H6N2.C6H15N.C4H2Cl2N2.CH4.Na.H/c1-16-14-19(29(4)13-12-28(2)3)20(31(32)33)15-18(16)26-23-25-10-7-21(27-23)30-11-8-17-6-5-9-24-22(17)30;1-11-9-13(19)15(25(26)27)10-14(11)22-18-21-7-4-16(23-18)24-8-5-12-3-2-6-20-17(12)24;12-11-14-6-3-9(15-11)16-7-4-8-2-1-5-13-10(8)16;1-4-2-5(8)7(10(11)12)3-6(4)9;1-2-6-3-5-9-7(6)8-4-1;1-4-5-6-7(2)3;5-3-1-2-7-4(6)8-3;;;/h5-11,14-15H,12-13H2,1-4H3,(H,25,26,27);2-10H,1H3,(H,21,22,23);1-7H;2-3H,9H2,1H3;1-5H,(H,8,9);4-6H2,1-3H3;1-2H;1H4;;/q;;;;;;;;+1;-1. The number of rotatable bonds is 17. The van der Waals surface area contributed by atoms with Gasteiger partial charge in [0.25, 0.3) is 5.69 Å². The van der Waals surface area contributed by atoms with Crippen LogP contribution in [0.25, 0.3) is 61.6 Å². The van der Waals surface area contributed by atoms with Crippen molar-refractivity contribution in [1.29, 1.82) is 0 Å². The molecule has 114 heavy (non-hydrogen) atoms. The van der Waals surface area contributed by atoms with Gasteiger partial charge in [0.2, 0.25) is 34.1 Å². The molecule has 12 heterocycles. The molecule has 12 aromatic heterocycles. The number of hydrogen-bond acceptors (Lipinski definition) is 24.